The largest absolute Gasteiger partial charge is 0.352 e. The molecule has 0 aromatic carbocycles. The molecule has 0 spiro atoms. The molecule has 1 saturated carbocycles. The van der Waals surface area contributed by atoms with Gasteiger partial charge in [0.2, 0.25) is 0 Å². The predicted molar refractivity (Wildman–Crippen MR) is 82.4 cm³/mol. The first-order valence-corrected chi connectivity index (χ1v) is 7.80. The monoisotopic (exact) mass is 321 g/mol. The van der Waals surface area contributed by atoms with Crippen molar-refractivity contribution in [3.8, 4) is 0 Å². The summed E-state index contributed by atoms with van der Waals surface area (Å²) in [7, 11) is 0. The molecular formula is C15H20BrN3. The highest BCUT2D eigenvalue weighted by Crippen LogP contribution is 2.26. The molecule has 2 aliphatic rings. The van der Waals surface area contributed by atoms with Crippen LogP contribution in [0.3, 0.4) is 0 Å². The average molecular weight is 322 g/mol. The molecule has 1 aliphatic heterocycles. The Bertz CT molecular complexity index is 494. The standard InChI is InChI=1S/C15H20BrN3/c1-11-4-6-19(7-5-11)15-12(8-13(16)10-18-15)9-17-14-2-3-14/h4,8,10,14,17H,2-3,5-7,9H2,1H3. The summed E-state index contributed by atoms with van der Waals surface area (Å²) < 4.78 is 1.06. The molecule has 1 N–H and O–H groups in total. The number of pyridine rings is 1. The minimum Gasteiger partial charge on any atom is -0.352 e. The molecule has 4 heteroatoms. The van der Waals surface area contributed by atoms with Crippen LogP contribution in [0.25, 0.3) is 0 Å². The second-order valence-electron chi connectivity index (χ2n) is 5.54. The van der Waals surface area contributed by atoms with Gasteiger partial charge >= 0.3 is 0 Å². The zero-order valence-corrected chi connectivity index (χ0v) is 12.9. The molecule has 0 bridgehead atoms. The molecule has 0 saturated heterocycles. The lowest BCUT2D eigenvalue weighted by atomic mass is 10.1. The van der Waals surface area contributed by atoms with E-state index in [0.29, 0.717) is 0 Å². The summed E-state index contributed by atoms with van der Waals surface area (Å²) >= 11 is 3.53. The Kier molecular flexibility index (Phi) is 3.89. The molecule has 0 atom stereocenters. The molecule has 0 radical (unpaired) electrons. The van der Waals surface area contributed by atoms with Crippen molar-refractivity contribution in [3.05, 3.63) is 33.9 Å². The smallest absolute Gasteiger partial charge is 0.133 e. The summed E-state index contributed by atoms with van der Waals surface area (Å²) in [6.07, 6.45) is 8.00. The molecule has 1 fully saturated rings. The van der Waals surface area contributed by atoms with E-state index in [9.17, 15) is 0 Å². The maximum atomic E-state index is 4.64. The average Bonchev–Trinajstić information content (AvgIpc) is 3.22. The molecule has 102 valence electrons. The number of halogens is 1. The lowest BCUT2D eigenvalue weighted by Crippen LogP contribution is -2.30. The van der Waals surface area contributed by atoms with Crippen LogP contribution >= 0.6 is 15.9 Å². The Morgan fingerprint density at radius 1 is 1.47 bits per heavy atom. The Balaban J connectivity index is 1.78. The van der Waals surface area contributed by atoms with Crippen LogP contribution in [-0.4, -0.2) is 24.1 Å². The normalized spacial score (nSPS) is 19.5. The fourth-order valence-electron chi connectivity index (χ4n) is 2.39. The number of aromatic nitrogens is 1. The van der Waals surface area contributed by atoms with Gasteiger partial charge in [-0.15, -0.1) is 0 Å². The first-order chi connectivity index (χ1) is 9.22. The van der Waals surface area contributed by atoms with Crippen molar-refractivity contribution in [1.29, 1.82) is 0 Å². The van der Waals surface area contributed by atoms with E-state index in [2.05, 4.69) is 50.2 Å². The highest BCUT2D eigenvalue weighted by atomic mass is 79.9. The van der Waals surface area contributed by atoms with Crippen molar-refractivity contribution in [2.24, 2.45) is 0 Å². The molecule has 1 aromatic heterocycles. The summed E-state index contributed by atoms with van der Waals surface area (Å²) in [6, 6.07) is 2.93. The quantitative estimate of drug-likeness (QED) is 0.863. The van der Waals surface area contributed by atoms with Crippen molar-refractivity contribution < 1.29 is 0 Å². The van der Waals surface area contributed by atoms with Crippen LogP contribution in [0.2, 0.25) is 0 Å². The van der Waals surface area contributed by atoms with E-state index < -0.39 is 0 Å². The van der Waals surface area contributed by atoms with Crippen LogP contribution in [0.4, 0.5) is 5.82 Å². The number of nitrogens with one attached hydrogen (secondary N) is 1. The third kappa shape index (κ3) is 3.37. The Hall–Kier alpha value is -0.870. The fraction of sp³-hybridized carbons (Fsp3) is 0.533. The van der Waals surface area contributed by atoms with Crippen LogP contribution in [0.5, 0.6) is 0 Å². The number of anilines is 1. The highest BCUT2D eigenvalue weighted by Gasteiger charge is 2.22. The molecule has 3 nitrogen and oxygen atoms in total. The zero-order valence-electron chi connectivity index (χ0n) is 11.3. The molecule has 0 amide bonds. The third-order valence-corrected chi connectivity index (χ3v) is 4.24. The molecule has 1 aliphatic carbocycles. The first kappa shape index (κ1) is 13.1. The van der Waals surface area contributed by atoms with Gasteiger partial charge in [0.1, 0.15) is 5.82 Å². The third-order valence-electron chi connectivity index (χ3n) is 3.80. The number of rotatable bonds is 4. The maximum Gasteiger partial charge on any atom is 0.133 e. The summed E-state index contributed by atoms with van der Waals surface area (Å²) in [5.41, 5.74) is 2.79. The molecular weight excluding hydrogens is 302 g/mol. The minimum atomic E-state index is 0.732. The van der Waals surface area contributed by atoms with Gasteiger partial charge in [-0.3, -0.25) is 0 Å². The van der Waals surface area contributed by atoms with Gasteiger partial charge in [0.15, 0.2) is 0 Å². The van der Waals surface area contributed by atoms with E-state index in [1.807, 2.05) is 6.20 Å². The Morgan fingerprint density at radius 2 is 2.32 bits per heavy atom. The minimum absolute atomic E-state index is 0.732. The van der Waals surface area contributed by atoms with E-state index in [4.69, 9.17) is 0 Å². The van der Waals surface area contributed by atoms with Crippen LogP contribution < -0.4 is 10.2 Å². The van der Waals surface area contributed by atoms with Crippen molar-refractivity contribution in [2.75, 3.05) is 18.0 Å². The summed E-state index contributed by atoms with van der Waals surface area (Å²) in [5.74, 6) is 1.14. The van der Waals surface area contributed by atoms with Crippen molar-refractivity contribution in [1.82, 2.24) is 10.3 Å². The van der Waals surface area contributed by atoms with Gasteiger partial charge in [-0.25, -0.2) is 4.98 Å². The Labute approximate surface area is 123 Å². The van der Waals surface area contributed by atoms with Crippen LogP contribution in [-0.2, 0) is 6.54 Å². The van der Waals surface area contributed by atoms with Gasteiger partial charge in [0.05, 0.1) is 0 Å². The molecule has 3 rings (SSSR count). The topological polar surface area (TPSA) is 28.2 Å². The van der Waals surface area contributed by atoms with Crippen molar-refractivity contribution >= 4 is 21.7 Å². The van der Waals surface area contributed by atoms with Gasteiger partial charge in [-0.05, 0) is 48.2 Å². The molecule has 2 heterocycles. The van der Waals surface area contributed by atoms with E-state index in [-0.39, 0.29) is 0 Å². The summed E-state index contributed by atoms with van der Waals surface area (Å²) in [6.45, 7) is 5.19. The second-order valence-corrected chi connectivity index (χ2v) is 6.45. The van der Waals surface area contributed by atoms with E-state index in [0.717, 1.165) is 42.4 Å². The van der Waals surface area contributed by atoms with Gasteiger partial charge in [0.25, 0.3) is 0 Å². The molecule has 19 heavy (non-hydrogen) atoms. The molecule has 0 unspecified atom stereocenters. The Morgan fingerprint density at radius 3 is 3.00 bits per heavy atom. The van der Waals surface area contributed by atoms with E-state index in [1.54, 1.807) is 0 Å². The second kappa shape index (κ2) is 5.63. The van der Waals surface area contributed by atoms with Gasteiger partial charge in [0, 0.05) is 41.9 Å². The summed E-state index contributed by atoms with van der Waals surface area (Å²) in [5, 5.41) is 3.59. The lowest BCUT2D eigenvalue weighted by molar-refractivity contribution is 0.678. The van der Waals surface area contributed by atoms with E-state index >= 15 is 0 Å². The van der Waals surface area contributed by atoms with Gasteiger partial charge in [-0.1, -0.05) is 11.6 Å². The van der Waals surface area contributed by atoms with Gasteiger partial charge in [-0.2, -0.15) is 0 Å². The predicted octanol–water partition coefficient (Wildman–Crippen LogP) is 3.25. The van der Waals surface area contributed by atoms with Crippen LogP contribution in [0.15, 0.2) is 28.4 Å². The van der Waals surface area contributed by atoms with Crippen molar-refractivity contribution in [2.45, 2.75) is 38.8 Å². The SMILES string of the molecule is CC1=CCN(c2ncc(Br)cc2CNC2CC2)CC1. The summed E-state index contributed by atoms with van der Waals surface area (Å²) in [4.78, 5) is 7.01. The highest BCUT2D eigenvalue weighted by molar-refractivity contribution is 9.10. The number of hydrogen-bond donors (Lipinski definition) is 1. The first-order valence-electron chi connectivity index (χ1n) is 7.01. The lowest BCUT2D eigenvalue weighted by Gasteiger charge is -2.28. The number of hydrogen-bond acceptors (Lipinski definition) is 3. The van der Waals surface area contributed by atoms with Crippen molar-refractivity contribution in [3.63, 3.8) is 0 Å². The van der Waals surface area contributed by atoms with Gasteiger partial charge < -0.3 is 10.2 Å². The van der Waals surface area contributed by atoms with E-state index in [1.165, 1.54) is 24.0 Å². The fourth-order valence-corrected chi connectivity index (χ4v) is 2.77. The maximum absolute atomic E-state index is 4.64. The van der Waals surface area contributed by atoms with Crippen LogP contribution in [0.1, 0.15) is 31.7 Å². The molecule has 1 aromatic rings. The van der Waals surface area contributed by atoms with Crippen LogP contribution in [0, 0.1) is 0 Å². The zero-order chi connectivity index (χ0) is 13.2. The number of nitrogens with zero attached hydrogens (tertiary/aromatic N) is 2.